The molecule has 2 rings (SSSR count). The molecule has 0 radical (unpaired) electrons. The Balaban J connectivity index is 1.61. The van der Waals surface area contributed by atoms with Gasteiger partial charge >= 0.3 is 0 Å². The monoisotopic (exact) mass is 1280 g/mol. The van der Waals surface area contributed by atoms with E-state index in [0.717, 1.165) is 64.2 Å². The summed E-state index contributed by atoms with van der Waals surface area (Å²) in [7, 11) is 0. The van der Waals surface area contributed by atoms with Crippen molar-refractivity contribution in [2.45, 2.75) is 376 Å². The first kappa shape index (κ1) is 84.3. The maximum Gasteiger partial charge on any atom is 0.220 e. The fourth-order valence-electron chi connectivity index (χ4n) is 11.9. The highest BCUT2D eigenvalue weighted by atomic mass is 16.7. The molecule has 0 bridgehead atoms. The zero-order valence-electron chi connectivity index (χ0n) is 57.6. The third-order valence-electron chi connectivity index (χ3n) is 17.8. The molecule has 528 valence electrons. The van der Waals surface area contributed by atoms with Gasteiger partial charge in [0.25, 0.3) is 0 Å². The van der Waals surface area contributed by atoms with E-state index < -0.39 is 86.8 Å². The summed E-state index contributed by atoms with van der Waals surface area (Å²) in [6.07, 6.45) is 68.0. The minimum absolute atomic E-state index is 0.246. The van der Waals surface area contributed by atoms with Crippen LogP contribution in [0.3, 0.4) is 0 Å². The minimum Gasteiger partial charge on any atom is -0.394 e. The number of ether oxygens (including phenoxy) is 4. The Morgan fingerprint density at radius 1 is 0.407 bits per heavy atom. The summed E-state index contributed by atoms with van der Waals surface area (Å²) >= 11 is 0. The van der Waals surface area contributed by atoms with Gasteiger partial charge in [-0.1, -0.05) is 304 Å². The van der Waals surface area contributed by atoms with Gasteiger partial charge in [0.15, 0.2) is 12.6 Å². The van der Waals surface area contributed by atoms with Gasteiger partial charge in [0, 0.05) is 6.42 Å². The lowest BCUT2D eigenvalue weighted by Gasteiger charge is -2.46. The van der Waals surface area contributed by atoms with Crippen LogP contribution in [-0.2, 0) is 23.7 Å². The Morgan fingerprint density at radius 2 is 0.769 bits per heavy atom. The molecule has 9 N–H and O–H groups in total. The van der Waals surface area contributed by atoms with Crippen LogP contribution < -0.4 is 5.32 Å². The molecule has 2 fully saturated rings. The van der Waals surface area contributed by atoms with Crippen molar-refractivity contribution >= 4 is 5.91 Å². The molecule has 0 aromatic rings. The van der Waals surface area contributed by atoms with E-state index >= 15 is 0 Å². The third-order valence-corrected chi connectivity index (χ3v) is 17.8. The fraction of sp³-hybridized carbons (Fsp3) is 0.805. The number of rotatable bonds is 61. The number of carbonyl (C=O) groups excluding carboxylic acids is 1. The molecular weight excluding hydrogens is 1150 g/mol. The highest BCUT2D eigenvalue weighted by molar-refractivity contribution is 5.76. The van der Waals surface area contributed by atoms with Crippen LogP contribution in [0.4, 0.5) is 0 Å². The van der Waals surface area contributed by atoms with Gasteiger partial charge in [0.2, 0.25) is 5.91 Å². The number of carbonyl (C=O) groups is 1. The van der Waals surface area contributed by atoms with Gasteiger partial charge in [0.05, 0.1) is 32.0 Å². The van der Waals surface area contributed by atoms with Gasteiger partial charge in [-0.2, -0.15) is 0 Å². The number of amides is 1. The summed E-state index contributed by atoms with van der Waals surface area (Å²) in [5.74, 6) is -0.246. The first-order valence-electron chi connectivity index (χ1n) is 37.3. The largest absolute Gasteiger partial charge is 0.394 e. The molecule has 91 heavy (non-hydrogen) atoms. The lowest BCUT2D eigenvalue weighted by atomic mass is 9.97. The van der Waals surface area contributed by atoms with Crippen LogP contribution >= 0.6 is 0 Å². The second-order valence-electron chi connectivity index (χ2n) is 26.0. The summed E-state index contributed by atoms with van der Waals surface area (Å²) in [6, 6.07) is -0.934. The maximum atomic E-state index is 13.3. The Hall–Kier alpha value is -2.83. The predicted molar refractivity (Wildman–Crippen MR) is 373 cm³/mol. The summed E-state index contributed by atoms with van der Waals surface area (Å²) in [5, 5.41) is 87.5. The fourth-order valence-corrected chi connectivity index (χ4v) is 11.9. The molecule has 0 spiro atoms. The number of allylic oxidation sites excluding steroid dienone is 13. The van der Waals surface area contributed by atoms with Gasteiger partial charge < -0.3 is 65.1 Å². The van der Waals surface area contributed by atoms with Crippen molar-refractivity contribution in [3.63, 3.8) is 0 Å². The van der Waals surface area contributed by atoms with Crippen molar-refractivity contribution in [3.8, 4) is 0 Å². The van der Waals surface area contributed by atoms with Crippen molar-refractivity contribution in [1.82, 2.24) is 5.32 Å². The van der Waals surface area contributed by atoms with Crippen LogP contribution in [0.25, 0.3) is 0 Å². The molecule has 12 unspecified atom stereocenters. The van der Waals surface area contributed by atoms with Crippen molar-refractivity contribution < 1.29 is 64.6 Å². The van der Waals surface area contributed by atoms with Crippen LogP contribution in [0.15, 0.2) is 85.1 Å². The zero-order chi connectivity index (χ0) is 65.9. The van der Waals surface area contributed by atoms with Gasteiger partial charge in [-0.15, -0.1) is 0 Å². The Bertz CT molecular complexity index is 1850. The SMILES string of the molecule is CC/C=C\C/C=C\C/C=C\C/C=C\C/C=C\CCCCCCCCCCCCCCCCCCCCCCCC(=O)NC(COC1OC(CO)C(OC2OC(CO)C(O)C(O)C2O)C(O)C1O)C(O)/C=C/CC/C=C/CCCCCCCCCCCCCCCC. The lowest BCUT2D eigenvalue weighted by Crippen LogP contribution is -2.65. The van der Waals surface area contributed by atoms with Crippen molar-refractivity contribution in [2.75, 3.05) is 19.8 Å². The Labute approximate surface area is 554 Å². The van der Waals surface area contributed by atoms with E-state index in [0.29, 0.717) is 12.8 Å². The number of aliphatic hydroxyl groups is 8. The maximum absolute atomic E-state index is 13.3. The third kappa shape index (κ3) is 44.5. The van der Waals surface area contributed by atoms with E-state index in [-0.39, 0.29) is 18.9 Å². The molecule has 0 aromatic heterocycles. The molecule has 2 heterocycles. The first-order valence-corrected chi connectivity index (χ1v) is 37.3. The molecule has 12 atom stereocenters. The summed E-state index contributed by atoms with van der Waals surface area (Å²) < 4.78 is 22.9. The first-order chi connectivity index (χ1) is 44.6. The predicted octanol–water partition coefficient (Wildman–Crippen LogP) is 16.0. The molecule has 14 heteroatoms. The zero-order valence-corrected chi connectivity index (χ0v) is 57.6. The standard InChI is InChI=1S/C77H137NO13/c1-3-5-7-9-11-13-15-17-19-21-23-25-26-27-28-29-30-31-32-33-34-35-36-37-38-39-40-41-43-45-47-49-51-53-55-57-59-61-69(82)78-65(66(81)60-58-56-54-52-50-48-46-44-42-24-22-20-18-16-14-12-10-8-6-4-2)64-88-76-74(87)72(85)75(68(63-80)90-76)91-77-73(86)71(84)70(83)67(62-79)89-77/h5,7,11,13,17,19,23,25,27-28,50,52,58,60,65-68,70-77,79-81,83-87H,3-4,6,8-10,12,14-16,18,20-22,24,26,29-49,51,53-57,59,61-64H2,1-2H3,(H,78,82)/b7-5-,13-11-,19-17-,25-23-,28-27-,52-50+,60-58+. The Kier molecular flexibility index (Phi) is 56.3. The van der Waals surface area contributed by atoms with Crippen LogP contribution in [0, 0.1) is 0 Å². The van der Waals surface area contributed by atoms with E-state index in [1.807, 2.05) is 6.08 Å². The number of hydrogen-bond acceptors (Lipinski definition) is 13. The molecule has 2 saturated heterocycles. The molecule has 2 aliphatic heterocycles. The van der Waals surface area contributed by atoms with Crippen LogP contribution in [0.5, 0.6) is 0 Å². The van der Waals surface area contributed by atoms with Crippen LogP contribution in [-0.4, -0.2) is 140 Å². The normalized spacial score (nSPS) is 23.3. The molecule has 0 aliphatic carbocycles. The van der Waals surface area contributed by atoms with E-state index in [4.69, 9.17) is 18.9 Å². The highest BCUT2D eigenvalue weighted by Crippen LogP contribution is 2.30. The highest BCUT2D eigenvalue weighted by Gasteiger charge is 2.51. The molecular formula is C77H137NO13. The number of aliphatic hydroxyl groups excluding tert-OH is 8. The molecule has 0 aromatic carbocycles. The van der Waals surface area contributed by atoms with Gasteiger partial charge in [0.1, 0.15) is 48.8 Å². The smallest absolute Gasteiger partial charge is 0.220 e. The quantitative estimate of drug-likeness (QED) is 0.0204. The number of hydrogen-bond donors (Lipinski definition) is 9. The van der Waals surface area contributed by atoms with Crippen molar-refractivity contribution in [3.05, 3.63) is 85.1 Å². The van der Waals surface area contributed by atoms with Gasteiger partial charge in [-0.3, -0.25) is 4.79 Å². The van der Waals surface area contributed by atoms with Crippen molar-refractivity contribution in [1.29, 1.82) is 0 Å². The van der Waals surface area contributed by atoms with E-state index in [2.05, 4.69) is 92.1 Å². The summed E-state index contributed by atoms with van der Waals surface area (Å²) in [4.78, 5) is 13.3. The Morgan fingerprint density at radius 3 is 1.21 bits per heavy atom. The second-order valence-corrected chi connectivity index (χ2v) is 26.0. The summed E-state index contributed by atoms with van der Waals surface area (Å²) in [6.45, 7) is 2.70. The van der Waals surface area contributed by atoms with E-state index in [1.54, 1.807) is 6.08 Å². The molecule has 14 nitrogen and oxygen atoms in total. The number of unbranched alkanes of at least 4 members (excludes halogenated alkanes) is 36. The van der Waals surface area contributed by atoms with Gasteiger partial charge in [-0.25, -0.2) is 0 Å². The molecule has 0 saturated carbocycles. The average molecular weight is 1280 g/mol. The average Bonchev–Trinajstić information content (AvgIpc) is 1.04. The van der Waals surface area contributed by atoms with Crippen LogP contribution in [0.2, 0.25) is 0 Å². The molecule has 2 aliphatic rings. The van der Waals surface area contributed by atoms with E-state index in [9.17, 15) is 45.6 Å². The topological polar surface area (TPSA) is 228 Å². The minimum atomic E-state index is -1.79. The van der Waals surface area contributed by atoms with Crippen molar-refractivity contribution in [2.24, 2.45) is 0 Å². The van der Waals surface area contributed by atoms with E-state index in [1.165, 1.54) is 205 Å². The molecule has 1 amide bonds. The summed E-state index contributed by atoms with van der Waals surface area (Å²) in [5.41, 5.74) is 0. The van der Waals surface area contributed by atoms with Gasteiger partial charge in [-0.05, 0) is 77.0 Å². The van der Waals surface area contributed by atoms with Crippen LogP contribution in [0.1, 0.15) is 303 Å². The second kappa shape index (κ2) is 60.8. The number of nitrogens with one attached hydrogen (secondary N) is 1. The lowest BCUT2D eigenvalue weighted by molar-refractivity contribution is -0.359.